The molecule has 94 valence electrons. The summed E-state index contributed by atoms with van der Waals surface area (Å²) in [7, 11) is 0. The largest absolute Gasteiger partial charge is 0.481 e. The third-order valence-electron chi connectivity index (χ3n) is 2.12. The van der Waals surface area contributed by atoms with Crippen LogP contribution in [0.4, 0.5) is 0 Å². The van der Waals surface area contributed by atoms with Gasteiger partial charge in [-0.15, -0.1) is 0 Å². The van der Waals surface area contributed by atoms with Crippen LogP contribution in [-0.2, 0) is 9.59 Å². The van der Waals surface area contributed by atoms with Gasteiger partial charge >= 0.3 is 5.97 Å². The minimum atomic E-state index is -0.857. The summed E-state index contributed by atoms with van der Waals surface area (Å²) in [5.41, 5.74) is 0. The average Bonchev–Trinajstić information content (AvgIpc) is 2.23. The lowest BCUT2D eigenvalue weighted by molar-refractivity contribution is -0.137. The van der Waals surface area contributed by atoms with Crippen molar-refractivity contribution in [2.45, 2.75) is 19.8 Å². The second-order valence-electron chi connectivity index (χ2n) is 3.44. The number of nitrogens with zero attached hydrogens (tertiary/aromatic N) is 1. The van der Waals surface area contributed by atoms with Crippen LogP contribution >= 0.6 is 0 Å². The molecule has 6 heteroatoms. The Morgan fingerprint density at radius 2 is 2.06 bits per heavy atom. The number of aliphatic hydroxyl groups excluding tert-OH is 1. The number of aliphatic carboxylic acids is 1. The van der Waals surface area contributed by atoms with Crippen LogP contribution in [0.5, 0.6) is 0 Å². The molecule has 0 saturated heterocycles. The van der Waals surface area contributed by atoms with Crippen molar-refractivity contribution in [2.24, 2.45) is 0 Å². The number of rotatable bonds is 9. The summed E-state index contributed by atoms with van der Waals surface area (Å²) in [5.74, 6) is -0.995. The van der Waals surface area contributed by atoms with E-state index >= 15 is 0 Å². The van der Waals surface area contributed by atoms with Crippen molar-refractivity contribution in [2.75, 3.05) is 32.8 Å². The molecule has 0 heterocycles. The van der Waals surface area contributed by atoms with Gasteiger partial charge in [-0.05, 0) is 13.0 Å². The van der Waals surface area contributed by atoms with Gasteiger partial charge < -0.3 is 15.5 Å². The molecule has 0 fully saturated rings. The Kier molecular flexibility index (Phi) is 8.46. The Morgan fingerprint density at radius 1 is 1.38 bits per heavy atom. The summed E-state index contributed by atoms with van der Waals surface area (Å²) >= 11 is 0. The predicted octanol–water partition coefficient (Wildman–Crippen LogP) is -0.718. The van der Waals surface area contributed by atoms with Crippen molar-refractivity contribution in [3.63, 3.8) is 0 Å². The van der Waals surface area contributed by atoms with E-state index < -0.39 is 5.97 Å². The number of hydrogen-bond donors (Lipinski definition) is 3. The van der Waals surface area contributed by atoms with Crippen LogP contribution in [0, 0.1) is 0 Å². The summed E-state index contributed by atoms with van der Waals surface area (Å²) in [6, 6.07) is 0. The minimum absolute atomic E-state index is 0.0279. The van der Waals surface area contributed by atoms with E-state index in [1.165, 1.54) is 0 Å². The maximum absolute atomic E-state index is 11.4. The number of carboxylic acids is 1. The number of likely N-dealkylation sites (N-methyl/N-ethyl adjacent to an activating group) is 1. The SMILES string of the molecule is CCN(CCO)CC(=O)NCCCC(=O)O. The highest BCUT2D eigenvalue weighted by Gasteiger charge is 2.07. The molecule has 16 heavy (non-hydrogen) atoms. The van der Waals surface area contributed by atoms with E-state index in [0.29, 0.717) is 26.1 Å². The van der Waals surface area contributed by atoms with Crippen LogP contribution in [0.15, 0.2) is 0 Å². The monoisotopic (exact) mass is 232 g/mol. The maximum atomic E-state index is 11.4. The van der Waals surface area contributed by atoms with E-state index in [1.807, 2.05) is 11.8 Å². The van der Waals surface area contributed by atoms with E-state index in [-0.39, 0.29) is 25.5 Å². The van der Waals surface area contributed by atoms with Crippen LogP contribution in [-0.4, -0.2) is 59.8 Å². The highest BCUT2D eigenvalue weighted by atomic mass is 16.4. The lowest BCUT2D eigenvalue weighted by Gasteiger charge is -2.18. The Balaban J connectivity index is 3.60. The van der Waals surface area contributed by atoms with Gasteiger partial charge in [0.05, 0.1) is 13.2 Å². The molecule has 0 aliphatic rings. The fourth-order valence-corrected chi connectivity index (χ4v) is 1.22. The number of aliphatic hydroxyl groups is 1. The summed E-state index contributed by atoms with van der Waals surface area (Å²) in [5, 5.41) is 19.7. The van der Waals surface area contributed by atoms with Gasteiger partial charge in [0, 0.05) is 19.5 Å². The molecular formula is C10H20N2O4. The van der Waals surface area contributed by atoms with Crippen LogP contribution in [0.1, 0.15) is 19.8 Å². The lowest BCUT2D eigenvalue weighted by Crippen LogP contribution is -2.38. The van der Waals surface area contributed by atoms with E-state index in [2.05, 4.69) is 5.32 Å². The number of amides is 1. The topological polar surface area (TPSA) is 89.9 Å². The Bertz CT molecular complexity index is 221. The van der Waals surface area contributed by atoms with Gasteiger partial charge in [0.15, 0.2) is 0 Å². The predicted molar refractivity (Wildman–Crippen MR) is 59.1 cm³/mol. The Labute approximate surface area is 95.2 Å². The van der Waals surface area contributed by atoms with Crippen LogP contribution in [0.2, 0.25) is 0 Å². The third kappa shape index (κ3) is 8.19. The first-order valence-electron chi connectivity index (χ1n) is 5.41. The molecule has 0 rings (SSSR count). The van der Waals surface area contributed by atoms with Crippen molar-refractivity contribution >= 4 is 11.9 Å². The second kappa shape index (κ2) is 9.11. The van der Waals surface area contributed by atoms with Crippen LogP contribution in [0.25, 0.3) is 0 Å². The van der Waals surface area contributed by atoms with E-state index in [9.17, 15) is 9.59 Å². The van der Waals surface area contributed by atoms with E-state index in [0.717, 1.165) is 0 Å². The Hall–Kier alpha value is -1.14. The average molecular weight is 232 g/mol. The zero-order valence-electron chi connectivity index (χ0n) is 9.61. The fourth-order valence-electron chi connectivity index (χ4n) is 1.22. The maximum Gasteiger partial charge on any atom is 0.303 e. The molecule has 6 nitrogen and oxygen atoms in total. The van der Waals surface area contributed by atoms with Crippen molar-refractivity contribution < 1.29 is 19.8 Å². The van der Waals surface area contributed by atoms with Gasteiger partial charge in [-0.1, -0.05) is 6.92 Å². The van der Waals surface area contributed by atoms with Crippen molar-refractivity contribution in [1.29, 1.82) is 0 Å². The van der Waals surface area contributed by atoms with Crippen molar-refractivity contribution in [1.82, 2.24) is 10.2 Å². The van der Waals surface area contributed by atoms with Crippen molar-refractivity contribution in [3.05, 3.63) is 0 Å². The normalized spacial score (nSPS) is 10.4. The van der Waals surface area contributed by atoms with Gasteiger partial charge in [-0.25, -0.2) is 0 Å². The first-order valence-corrected chi connectivity index (χ1v) is 5.41. The standard InChI is InChI=1S/C10H20N2O4/c1-2-12(6-7-13)8-9(14)11-5-3-4-10(15)16/h13H,2-8H2,1H3,(H,11,14)(H,15,16). The number of carboxylic acid groups (broad SMARTS) is 1. The molecule has 0 aliphatic heterocycles. The van der Waals surface area contributed by atoms with Crippen LogP contribution in [0.3, 0.4) is 0 Å². The second-order valence-corrected chi connectivity index (χ2v) is 3.44. The molecule has 0 atom stereocenters. The third-order valence-corrected chi connectivity index (χ3v) is 2.12. The van der Waals surface area contributed by atoms with Gasteiger partial charge in [-0.2, -0.15) is 0 Å². The number of carbonyl (C=O) groups is 2. The molecule has 0 aromatic heterocycles. The summed E-state index contributed by atoms with van der Waals surface area (Å²) in [4.78, 5) is 23.4. The summed E-state index contributed by atoms with van der Waals surface area (Å²) in [6.07, 6.45) is 0.502. The number of hydrogen-bond acceptors (Lipinski definition) is 4. The molecule has 0 unspecified atom stereocenters. The molecule has 1 amide bonds. The quantitative estimate of drug-likeness (QED) is 0.457. The molecule has 0 aliphatic carbocycles. The molecule has 0 aromatic rings. The fraction of sp³-hybridized carbons (Fsp3) is 0.800. The van der Waals surface area contributed by atoms with Gasteiger partial charge in [0.1, 0.15) is 0 Å². The van der Waals surface area contributed by atoms with Crippen molar-refractivity contribution in [3.8, 4) is 0 Å². The molecule has 0 bridgehead atoms. The molecule has 0 aromatic carbocycles. The van der Waals surface area contributed by atoms with E-state index in [4.69, 9.17) is 10.2 Å². The van der Waals surface area contributed by atoms with E-state index in [1.54, 1.807) is 0 Å². The Morgan fingerprint density at radius 3 is 2.56 bits per heavy atom. The zero-order valence-corrected chi connectivity index (χ0v) is 9.61. The smallest absolute Gasteiger partial charge is 0.303 e. The van der Waals surface area contributed by atoms with Crippen LogP contribution < -0.4 is 5.32 Å². The molecular weight excluding hydrogens is 212 g/mol. The minimum Gasteiger partial charge on any atom is -0.481 e. The first-order chi connectivity index (χ1) is 7.60. The molecule has 0 spiro atoms. The number of carbonyl (C=O) groups excluding carboxylic acids is 1. The van der Waals surface area contributed by atoms with Gasteiger partial charge in [-0.3, -0.25) is 14.5 Å². The molecule has 0 saturated carbocycles. The summed E-state index contributed by atoms with van der Waals surface area (Å²) < 4.78 is 0. The van der Waals surface area contributed by atoms with Gasteiger partial charge in [0.2, 0.25) is 5.91 Å². The first kappa shape index (κ1) is 14.9. The summed E-state index contributed by atoms with van der Waals surface area (Å²) in [6.45, 7) is 3.72. The van der Waals surface area contributed by atoms with Gasteiger partial charge in [0.25, 0.3) is 0 Å². The zero-order chi connectivity index (χ0) is 12.4. The number of nitrogens with one attached hydrogen (secondary N) is 1. The molecule has 3 N–H and O–H groups in total. The highest BCUT2D eigenvalue weighted by molar-refractivity contribution is 5.78. The molecule has 0 radical (unpaired) electrons. The highest BCUT2D eigenvalue weighted by Crippen LogP contribution is 1.88. The lowest BCUT2D eigenvalue weighted by atomic mass is 10.3.